The second-order valence-electron chi connectivity index (χ2n) is 6.44. The molecule has 0 aliphatic carbocycles. The van der Waals surface area contributed by atoms with Crippen LogP contribution in [0, 0.1) is 13.8 Å². The van der Waals surface area contributed by atoms with Crippen LogP contribution >= 0.6 is 23.4 Å². The number of anilines is 1. The highest BCUT2D eigenvalue weighted by molar-refractivity contribution is 8.00. The number of hydrogen-bond donors (Lipinski definition) is 1. The summed E-state index contributed by atoms with van der Waals surface area (Å²) >= 11 is 7.32. The summed E-state index contributed by atoms with van der Waals surface area (Å²) in [5, 5.41) is 12.5. The first-order valence-corrected chi connectivity index (χ1v) is 9.81. The molecule has 0 fully saturated rings. The molecule has 0 bridgehead atoms. The van der Waals surface area contributed by atoms with Gasteiger partial charge >= 0.3 is 0 Å². The SMILES string of the molecule is Cc1ccc(C)c(NC(=O)[C@@H](C)Sc2nnc(-c3ccc(Cl)cc3)n2C)c1. The molecule has 1 N–H and O–H groups in total. The third kappa shape index (κ3) is 4.51. The van der Waals surface area contributed by atoms with Gasteiger partial charge in [0.15, 0.2) is 11.0 Å². The van der Waals surface area contributed by atoms with Gasteiger partial charge in [0.05, 0.1) is 5.25 Å². The third-order valence-corrected chi connectivity index (χ3v) is 5.63. The normalized spacial score (nSPS) is 12.0. The Bertz CT molecular complexity index is 969. The van der Waals surface area contributed by atoms with Gasteiger partial charge in [0.25, 0.3) is 0 Å². The van der Waals surface area contributed by atoms with Crippen molar-refractivity contribution in [1.82, 2.24) is 14.8 Å². The molecule has 3 rings (SSSR count). The summed E-state index contributed by atoms with van der Waals surface area (Å²) in [5.41, 5.74) is 3.91. The van der Waals surface area contributed by atoms with Crippen molar-refractivity contribution < 1.29 is 4.79 Å². The minimum Gasteiger partial charge on any atom is -0.325 e. The van der Waals surface area contributed by atoms with E-state index in [0.29, 0.717) is 10.2 Å². The van der Waals surface area contributed by atoms with Gasteiger partial charge in [0, 0.05) is 23.3 Å². The van der Waals surface area contributed by atoms with Crippen LogP contribution in [0.25, 0.3) is 11.4 Å². The van der Waals surface area contributed by atoms with E-state index < -0.39 is 0 Å². The van der Waals surface area contributed by atoms with Gasteiger partial charge in [-0.3, -0.25) is 4.79 Å². The van der Waals surface area contributed by atoms with Crippen molar-refractivity contribution in [2.24, 2.45) is 7.05 Å². The first-order chi connectivity index (χ1) is 12.8. The molecule has 140 valence electrons. The monoisotopic (exact) mass is 400 g/mol. The van der Waals surface area contributed by atoms with Crippen LogP contribution in [0.2, 0.25) is 5.02 Å². The fourth-order valence-corrected chi connectivity index (χ4v) is 3.53. The topological polar surface area (TPSA) is 59.8 Å². The van der Waals surface area contributed by atoms with Crippen molar-refractivity contribution in [3.05, 3.63) is 58.6 Å². The number of hydrogen-bond acceptors (Lipinski definition) is 4. The quantitative estimate of drug-likeness (QED) is 0.620. The molecular formula is C20H21ClN4OS. The lowest BCUT2D eigenvalue weighted by atomic mass is 10.1. The first kappa shape index (κ1) is 19.5. The van der Waals surface area contributed by atoms with Gasteiger partial charge < -0.3 is 9.88 Å². The van der Waals surface area contributed by atoms with E-state index in [4.69, 9.17) is 11.6 Å². The molecule has 27 heavy (non-hydrogen) atoms. The molecule has 1 heterocycles. The molecule has 1 atom stereocenters. The molecule has 0 radical (unpaired) electrons. The Labute approximate surface area is 168 Å². The molecule has 0 unspecified atom stereocenters. The summed E-state index contributed by atoms with van der Waals surface area (Å²) in [6, 6.07) is 13.4. The highest BCUT2D eigenvalue weighted by Crippen LogP contribution is 2.27. The lowest BCUT2D eigenvalue weighted by Gasteiger charge is -2.14. The maximum absolute atomic E-state index is 12.6. The van der Waals surface area contributed by atoms with Crippen molar-refractivity contribution in [1.29, 1.82) is 0 Å². The van der Waals surface area contributed by atoms with Gasteiger partial charge in [-0.2, -0.15) is 0 Å². The van der Waals surface area contributed by atoms with Crippen molar-refractivity contribution >= 4 is 35.0 Å². The maximum Gasteiger partial charge on any atom is 0.237 e. The second kappa shape index (κ2) is 8.15. The van der Waals surface area contributed by atoms with Crippen LogP contribution in [0.4, 0.5) is 5.69 Å². The van der Waals surface area contributed by atoms with Gasteiger partial charge in [-0.25, -0.2) is 0 Å². The molecule has 1 aromatic heterocycles. The number of thioether (sulfide) groups is 1. The molecule has 0 aliphatic rings. The van der Waals surface area contributed by atoms with Gasteiger partial charge in [-0.15, -0.1) is 10.2 Å². The van der Waals surface area contributed by atoms with Gasteiger partial charge in [0.1, 0.15) is 0 Å². The summed E-state index contributed by atoms with van der Waals surface area (Å²) in [7, 11) is 1.89. The number of nitrogens with one attached hydrogen (secondary N) is 1. The summed E-state index contributed by atoms with van der Waals surface area (Å²) < 4.78 is 1.88. The molecule has 0 spiro atoms. The van der Waals surface area contributed by atoms with E-state index in [1.807, 2.05) is 74.9 Å². The van der Waals surface area contributed by atoms with Crippen molar-refractivity contribution in [3.8, 4) is 11.4 Å². The molecule has 5 nitrogen and oxygen atoms in total. The minimum atomic E-state index is -0.314. The zero-order valence-corrected chi connectivity index (χ0v) is 17.2. The zero-order valence-electron chi connectivity index (χ0n) is 15.7. The van der Waals surface area contributed by atoms with Crippen LogP contribution in [-0.4, -0.2) is 25.9 Å². The zero-order chi connectivity index (χ0) is 19.6. The summed E-state index contributed by atoms with van der Waals surface area (Å²) in [4.78, 5) is 12.6. The van der Waals surface area contributed by atoms with Gasteiger partial charge in [-0.1, -0.05) is 35.5 Å². The predicted octanol–water partition coefficient (Wildman–Crippen LogP) is 4.87. The Balaban J connectivity index is 1.72. The Morgan fingerprint density at radius 1 is 1.15 bits per heavy atom. The van der Waals surface area contributed by atoms with Crippen LogP contribution in [0.1, 0.15) is 18.1 Å². The Morgan fingerprint density at radius 3 is 2.56 bits per heavy atom. The Kier molecular flexibility index (Phi) is 5.87. The summed E-state index contributed by atoms with van der Waals surface area (Å²) in [6.07, 6.45) is 0. The van der Waals surface area contributed by atoms with Crippen LogP contribution < -0.4 is 5.32 Å². The minimum absolute atomic E-state index is 0.0651. The number of amides is 1. The maximum atomic E-state index is 12.6. The molecule has 1 amide bonds. The van der Waals surface area contributed by atoms with Crippen LogP contribution in [0.15, 0.2) is 47.6 Å². The number of benzene rings is 2. The van der Waals surface area contributed by atoms with E-state index in [9.17, 15) is 4.79 Å². The molecule has 0 aliphatic heterocycles. The van der Waals surface area contributed by atoms with Crippen LogP contribution in [0.5, 0.6) is 0 Å². The molecule has 0 saturated heterocycles. The fraction of sp³-hybridized carbons (Fsp3) is 0.250. The van der Waals surface area contributed by atoms with E-state index in [0.717, 1.165) is 28.2 Å². The van der Waals surface area contributed by atoms with E-state index in [2.05, 4.69) is 15.5 Å². The second-order valence-corrected chi connectivity index (χ2v) is 8.18. The lowest BCUT2D eigenvalue weighted by molar-refractivity contribution is -0.115. The number of aryl methyl sites for hydroxylation is 2. The number of rotatable bonds is 5. The van der Waals surface area contributed by atoms with Crippen molar-refractivity contribution in [2.45, 2.75) is 31.2 Å². The highest BCUT2D eigenvalue weighted by atomic mass is 35.5. The Morgan fingerprint density at radius 2 is 1.85 bits per heavy atom. The average Bonchev–Trinajstić information content (AvgIpc) is 2.99. The number of carbonyl (C=O) groups excluding carboxylic acids is 1. The van der Waals surface area contributed by atoms with E-state index in [1.54, 1.807) is 0 Å². The van der Waals surface area contributed by atoms with Crippen molar-refractivity contribution in [3.63, 3.8) is 0 Å². The molecule has 0 saturated carbocycles. The van der Waals surface area contributed by atoms with Crippen molar-refractivity contribution in [2.75, 3.05) is 5.32 Å². The summed E-state index contributed by atoms with van der Waals surface area (Å²) in [5.74, 6) is 0.668. The van der Waals surface area contributed by atoms with Crippen LogP contribution in [-0.2, 0) is 11.8 Å². The van der Waals surface area contributed by atoms with Gasteiger partial charge in [0.2, 0.25) is 5.91 Å². The lowest BCUT2D eigenvalue weighted by Crippen LogP contribution is -2.23. The number of nitrogens with zero attached hydrogens (tertiary/aromatic N) is 3. The fourth-order valence-electron chi connectivity index (χ4n) is 2.58. The van der Waals surface area contributed by atoms with E-state index >= 15 is 0 Å². The molecule has 3 aromatic rings. The number of carbonyl (C=O) groups is 1. The molecular weight excluding hydrogens is 380 g/mol. The smallest absolute Gasteiger partial charge is 0.237 e. The third-order valence-electron chi connectivity index (χ3n) is 4.24. The molecule has 7 heteroatoms. The first-order valence-electron chi connectivity index (χ1n) is 8.55. The highest BCUT2D eigenvalue weighted by Gasteiger charge is 2.20. The van der Waals surface area contributed by atoms with E-state index in [1.165, 1.54) is 11.8 Å². The number of aromatic nitrogens is 3. The van der Waals surface area contributed by atoms with Crippen LogP contribution in [0.3, 0.4) is 0 Å². The largest absolute Gasteiger partial charge is 0.325 e. The Hall–Kier alpha value is -2.31. The number of halogens is 1. The predicted molar refractivity (Wildman–Crippen MR) is 111 cm³/mol. The average molecular weight is 401 g/mol. The standard InChI is InChI=1S/C20H21ClN4OS/c1-12-5-6-13(2)17(11-12)22-19(26)14(3)27-20-24-23-18(25(20)4)15-7-9-16(21)10-8-15/h5-11,14H,1-4H3,(H,22,26)/t14-/m1/s1. The molecule has 2 aromatic carbocycles. The summed E-state index contributed by atoms with van der Waals surface area (Å²) in [6.45, 7) is 5.85. The van der Waals surface area contributed by atoms with E-state index in [-0.39, 0.29) is 11.2 Å². The van der Waals surface area contributed by atoms with Gasteiger partial charge in [-0.05, 0) is 62.2 Å².